The summed E-state index contributed by atoms with van der Waals surface area (Å²) in [6.45, 7) is 1.47. The van der Waals surface area contributed by atoms with Gasteiger partial charge in [-0.2, -0.15) is 0 Å². The van der Waals surface area contributed by atoms with Crippen LogP contribution in [0.25, 0.3) is 0 Å². The standard InChI is InChI=1S/C9H12ClN3O2S/c10-8-2-1-4-12-9(8)16(14,15)13-7-3-5-11-6-7/h1-2,4,7,11,13H,3,5-6H2/t7-/m1/s1. The molecule has 0 bridgehead atoms. The Morgan fingerprint density at radius 1 is 1.56 bits per heavy atom. The van der Waals surface area contributed by atoms with E-state index in [0.717, 1.165) is 13.0 Å². The third-order valence-corrected chi connectivity index (χ3v) is 4.26. The van der Waals surface area contributed by atoms with Crippen molar-refractivity contribution < 1.29 is 8.42 Å². The first-order chi connectivity index (χ1) is 7.59. The number of hydrogen-bond acceptors (Lipinski definition) is 4. The second kappa shape index (κ2) is 4.67. The fourth-order valence-electron chi connectivity index (χ4n) is 1.60. The van der Waals surface area contributed by atoms with Gasteiger partial charge < -0.3 is 5.32 Å². The van der Waals surface area contributed by atoms with Crippen LogP contribution in [-0.4, -0.2) is 32.5 Å². The van der Waals surface area contributed by atoms with Gasteiger partial charge >= 0.3 is 0 Å². The Hall–Kier alpha value is -0.690. The first-order valence-electron chi connectivity index (χ1n) is 4.93. The van der Waals surface area contributed by atoms with Gasteiger partial charge in [0.2, 0.25) is 0 Å². The summed E-state index contributed by atoms with van der Waals surface area (Å²) < 4.78 is 26.4. The van der Waals surface area contributed by atoms with Crippen LogP contribution in [0.5, 0.6) is 0 Å². The van der Waals surface area contributed by atoms with Gasteiger partial charge in [-0.25, -0.2) is 18.1 Å². The smallest absolute Gasteiger partial charge is 0.259 e. The fraction of sp³-hybridized carbons (Fsp3) is 0.444. The normalized spacial score (nSPS) is 21.2. The molecule has 1 atom stereocenters. The molecule has 2 N–H and O–H groups in total. The Morgan fingerprint density at radius 2 is 2.38 bits per heavy atom. The van der Waals surface area contributed by atoms with Gasteiger partial charge in [-0.05, 0) is 25.1 Å². The van der Waals surface area contributed by atoms with Gasteiger partial charge in [0.25, 0.3) is 10.0 Å². The molecule has 0 saturated carbocycles. The summed E-state index contributed by atoms with van der Waals surface area (Å²) in [7, 11) is -3.61. The van der Waals surface area contributed by atoms with Crippen LogP contribution >= 0.6 is 11.6 Å². The molecule has 0 amide bonds. The minimum atomic E-state index is -3.61. The van der Waals surface area contributed by atoms with E-state index < -0.39 is 10.0 Å². The molecule has 16 heavy (non-hydrogen) atoms. The van der Waals surface area contributed by atoms with Gasteiger partial charge in [0.15, 0.2) is 5.03 Å². The van der Waals surface area contributed by atoms with Crippen molar-refractivity contribution in [1.29, 1.82) is 0 Å². The van der Waals surface area contributed by atoms with Crippen LogP contribution in [-0.2, 0) is 10.0 Å². The molecule has 1 aliphatic rings. The third-order valence-electron chi connectivity index (χ3n) is 2.36. The van der Waals surface area contributed by atoms with E-state index in [4.69, 9.17) is 11.6 Å². The average Bonchev–Trinajstić information content (AvgIpc) is 2.70. The molecule has 7 heteroatoms. The summed E-state index contributed by atoms with van der Waals surface area (Å²) in [5, 5.41) is 3.11. The Bertz CT molecular complexity index is 471. The fourth-order valence-corrected chi connectivity index (χ4v) is 3.30. The maximum Gasteiger partial charge on any atom is 0.259 e. The van der Waals surface area contributed by atoms with Crippen LogP contribution in [0.1, 0.15) is 6.42 Å². The lowest BCUT2D eigenvalue weighted by Gasteiger charge is -2.11. The van der Waals surface area contributed by atoms with Gasteiger partial charge in [-0.1, -0.05) is 11.6 Å². The first kappa shape index (κ1) is 11.8. The monoisotopic (exact) mass is 261 g/mol. The van der Waals surface area contributed by atoms with Crippen molar-refractivity contribution in [2.75, 3.05) is 13.1 Å². The second-order valence-electron chi connectivity index (χ2n) is 3.60. The predicted molar refractivity (Wildman–Crippen MR) is 60.8 cm³/mol. The molecule has 1 fully saturated rings. The van der Waals surface area contributed by atoms with E-state index in [1.165, 1.54) is 12.3 Å². The van der Waals surface area contributed by atoms with E-state index in [1.807, 2.05) is 0 Å². The Labute approximate surface area is 99.3 Å². The molecule has 0 unspecified atom stereocenters. The Morgan fingerprint density at radius 3 is 3.00 bits per heavy atom. The predicted octanol–water partition coefficient (Wildman–Crippen LogP) is 0.375. The highest BCUT2D eigenvalue weighted by Gasteiger charge is 2.25. The van der Waals surface area contributed by atoms with Crippen molar-refractivity contribution in [2.45, 2.75) is 17.5 Å². The number of nitrogens with zero attached hydrogens (tertiary/aromatic N) is 1. The van der Waals surface area contributed by atoms with E-state index >= 15 is 0 Å². The van der Waals surface area contributed by atoms with Crippen LogP contribution in [0.15, 0.2) is 23.4 Å². The quantitative estimate of drug-likeness (QED) is 0.825. The number of nitrogens with one attached hydrogen (secondary N) is 2. The molecule has 5 nitrogen and oxygen atoms in total. The second-order valence-corrected chi connectivity index (χ2v) is 5.64. The number of halogens is 1. The summed E-state index contributed by atoms with van der Waals surface area (Å²) in [6.07, 6.45) is 2.19. The summed E-state index contributed by atoms with van der Waals surface area (Å²) in [6, 6.07) is 3.03. The van der Waals surface area contributed by atoms with E-state index in [2.05, 4.69) is 15.0 Å². The zero-order valence-electron chi connectivity index (χ0n) is 8.48. The van der Waals surface area contributed by atoms with Gasteiger partial charge in [0.05, 0.1) is 5.02 Å². The molecule has 1 aromatic heterocycles. The molecule has 0 aliphatic carbocycles. The lowest BCUT2D eigenvalue weighted by atomic mass is 10.3. The van der Waals surface area contributed by atoms with Crippen molar-refractivity contribution >= 4 is 21.6 Å². The van der Waals surface area contributed by atoms with Crippen molar-refractivity contribution in [2.24, 2.45) is 0 Å². The summed E-state index contributed by atoms with van der Waals surface area (Å²) >= 11 is 5.80. The lowest BCUT2D eigenvalue weighted by molar-refractivity contribution is 0.556. The largest absolute Gasteiger partial charge is 0.315 e. The third kappa shape index (κ3) is 2.52. The number of pyridine rings is 1. The van der Waals surface area contributed by atoms with E-state index in [1.54, 1.807) is 6.07 Å². The first-order valence-corrected chi connectivity index (χ1v) is 6.79. The van der Waals surface area contributed by atoms with Crippen LogP contribution < -0.4 is 10.0 Å². The highest BCUT2D eigenvalue weighted by molar-refractivity contribution is 7.89. The molecule has 1 aliphatic heterocycles. The molecule has 88 valence electrons. The zero-order valence-corrected chi connectivity index (χ0v) is 10.1. The maximum atomic E-state index is 11.9. The molecule has 2 rings (SSSR count). The summed E-state index contributed by atoms with van der Waals surface area (Å²) in [5.41, 5.74) is 0. The van der Waals surface area contributed by atoms with Crippen LogP contribution in [0, 0.1) is 0 Å². The zero-order chi connectivity index (χ0) is 11.6. The number of hydrogen-bond donors (Lipinski definition) is 2. The van der Waals surface area contributed by atoms with Crippen LogP contribution in [0.4, 0.5) is 0 Å². The SMILES string of the molecule is O=S(=O)(N[C@@H]1CCNC1)c1ncccc1Cl. The van der Waals surface area contributed by atoms with Gasteiger partial charge in [0, 0.05) is 18.8 Å². The number of rotatable bonds is 3. The number of sulfonamides is 1. The van der Waals surface area contributed by atoms with Gasteiger partial charge in [-0.3, -0.25) is 0 Å². The lowest BCUT2D eigenvalue weighted by Crippen LogP contribution is -2.36. The molecule has 1 aromatic rings. The molecular weight excluding hydrogens is 250 g/mol. The highest BCUT2D eigenvalue weighted by atomic mass is 35.5. The topological polar surface area (TPSA) is 71.1 Å². The Balaban J connectivity index is 2.21. The molecule has 0 radical (unpaired) electrons. The van der Waals surface area contributed by atoms with Crippen LogP contribution in [0.3, 0.4) is 0 Å². The van der Waals surface area contributed by atoms with E-state index in [9.17, 15) is 8.42 Å². The van der Waals surface area contributed by atoms with Gasteiger partial charge in [-0.15, -0.1) is 0 Å². The van der Waals surface area contributed by atoms with E-state index in [-0.39, 0.29) is 16.1 Å². The number of aromatic nitrogens is 1. The van der Waals surface area contributed by atoms with Crippen molar-refractivity contribution in [3.63, 3.8) is 0 Å². The Kier molecular flexibility index (Phi) is 3.44. The maximum absolute atomic E-state index is 11.9. The van der Waals surface area contributed by atoms with E-state index in [0.29, 0.717) is 6.54 Å². The summed E-state index contributed by atoms with van der Waals surface area (Å²) in [4.78, 5) is 3.79. The van der Waals surface area contributed by atoms with Gasteiger partial charge in [0.1, 0.15) is 0 Å². The van der Waals surface area contributed by atoms with Crippen LogP contribution in [0.2, 0.25) is 5.02 Å². The molecule has 0 spiro atoms. The summed E-state index contributed by atoms with van der Waals surface area (Å²) in [5.74, 6) is 0. The minimum absolute atomic E-state index is 0.0805. The average molecular weight is 262 g/mol. The minimum Gasteiger partial charge on any atom is -0.315 e. The highest BCUT2D eigenvalue weighted by Crippen LogP contribution is 2.18. The van der Waals surface area contributed by atoms with Crippen molar-refractivity contribution in [1.82, 2.24) is 15.0 Å². The van der Waals surface area contributed by atoms with Crippen molar-refractivity contribution in [3.8, 4) is 0 Å². The molecule has 0 aromatic carbocycles. The molecule has 1 saturated heterocycles. The molecular formula is C9H12ClN3O2S. The van der Waals surface area contributed by atoms with Crippen molar-refractivity contribution in [3.05, 3.63) is 23.4 Å². The molecule has 2 heterocycles.